The number of nitro benzene ring substituents is 1. The maximum atomic E-state index is 13.1. The van der Waals surface area contributed by atoms with Crippen molar-refractivity contribution in [3.05, 3.63) is 58.4 Å². The van der Waals surface area contributed by atoms with Crippen molar-refractivity contribution in [2.45, 2.75) is 0 Å². The van der Waals surface area contributed by atoms with Gasteiger partial charge in [-0.05, 0) is 30.3 Å². The van der Waals surface area contributed by atoms with Gasteiger partial charge in [0.05, 0.1) is 12.0 Å². The van der Waals surface area contributed by atoms with Crippen molar-refractivity contribution in [2.75, 3.05) is 7.11 Å². The van der Waals surface area contributed by atoms with E-state index in [0.29, 0.717) is 11.5 Å². The van der Waals surface area contributed by atoms with Crippen LogP contribution in [0.4, 0.5) is 10.1 Å². The Bertz CT molecular complexity index is 598. The van der Waals surface area contributed by atoms with Crippen LogP contribution >= 0.6 is 0 Å². The van der Waals surface area contributed by atoms with Gasteiger partial charge in [-0.15, -0.1) is 0 Å². The Morgan fingerprint density at radius 2 is 1.74 bits per heavy atom. The van der Waals surface area contributed by atoms with Gasteiger partial charge in [0.2, 0.25) is 5.75 Å². The number of benzene rings is 2. The minimum atomic E-state index is -0.627. The smallest absolute Gasteiger partial charge is 0.311 e. The van der Waals surface area contributed by atoms with Crippen LogP contribution in [0.25, 0.3) is 0 Å². The standard InChI is InChI=1S/C13H10FNO4/c1-18-10-3-5-11(6-4-10)19-13-8-9(14)2-7-12(13)15(16)17/h2-8H,1H3. The largest absolute Gasteiger partial charge is 0.497 e. The number of hydrogen-bond donors (Lipinski definition) is 0. The van der Waals surface area contributed by atoms with E-state index in [-0.39, 0.29) is 11.4 Å². The molecule has 98 valence electrons. The molecule has 0 aliphatic rings. The molecule has 0 amide bonds. The minimum absolute atomic E-state index is 0.143. The molecule has 0 saturated carbocycles. The van der Waals surface area contributed by atoms with Gasteiger partial charge in [-0.3, -0.25) is 10.1 Å². The summed E-state index contributed by atoms with van der Waals surface area (Å²) in [6.45, 7) is 0. The van der Waals surface area contributed by atoms with E-state index in [1.165, 1.54) is 7.11 Å². The predicted octanol–water partition coefficient (Wildman–Crippen LogP) is 3.53. The van der Waals surface area contributed by atoms with E-state index in [9.17, 15) is 14.5 Å². The fourth-order valence-corrected chi connectivity index (χ4v) is 1.49. The van der Waals surface area contributed by atoms with Crippen molar-refractivity contribution >= 4 is 5.69 Å². The first-order chi connectivity index (χ1) is 9.10. The first kappa shape index (κ1) is 12.8. The van der Waals surface area contributed by atoms with Gasteiger partial charge < -0.3 is 9.47 Å². The van der Waals surface area contributed by atoms with Gasteiger partial charge in [0, 0.05) is 12.1 Å². The van der Waals surface area contributed by atoms with Crippen LogP contribution in [-0.2, 0) is 0 Å². The lowest BCUT2D eigenvalue weighted by atomic mass is 10.3. The molecule has 19 heavy (non-hydrogen) atoms. The predicted molar refractivity (Wildman–Crippen MR) is 66.1 cm³/mol. The third-order valence-corrected chi connectivity index (χ3v) is 2.41. The summed E-state index contributed by atoms with van der Waals surface area (Å²) in [7, 11) is 1.52. The van der Waals surface area contributed by atoms with Gasteiger partial charge >= 0.3 is 5.69 Å². The summed E-state index contributed by atoms with van der Waals surface area (Å²) in [6.07, 6.45) is 0. The third-order valence-electron chi connectivity index (χ3n) is 2.41. The second kappa shape index (κ2) is 5.34. The van der Waals surface area contributed by atoms with E-state index in [4.69, 9.17) is 9.47 Å². The summed E-state index contributed by atoms with van der Waals surface area (Å²) in [5.74, 6) is 0.236. The first-order valence-electron chi connectivity index (χ1n) is 5.36. The van der Waals surface area contributed by atoms with Crippen LogP contribution in [0.2, 0.25) is 0 Å². The molecule has 2 aromatic carbocycles. The van der Waals surface area contributed by atoms with Crippen molar-refractivity contribution in [2.24, 2.45) is 0 Å². The molecule has 6 heteroatoms. The normalized spacial score (nSPS) is 10.0. The van der Waals surface area contributed by atoms with Crippen LogP contribution in [0.5, 0.6) is 17.2 Å². The van der Waals surface area contributed by atoms with E-state index in [2.05, 4.69) is 0 Å². The number of nitrogens with zero attached hydrogens (tertiary/aromatic N) is 1. The molecule has 0 aliphatic heterocycles. The minimum Gasteiger partial charge on any atom is -0.497 e. The summed E-state index contributed by atoms with van der Waals surface area (Å²) in [5, 5.41) is 10.8. The third kappa shape index (κ3) is 2.98. The molecular formula is C13H10FNO4. The Balaban J connectivity index is 2.31. The molecule has 0 bridgehead atoms. The number of ether oxygens (including phenoxy) is 2. The van der Waals surface area contributed by atoms with Crippen LogP contribution in [0.15, 0.2) is 42.5 Å². The molecule has 0 radical (unpaired) electrons. The number of nitro groups is 1. The van der Waals surface area contributed by atoms with Crippen molar-refractivity contribution in [1.82, 2.24) is 0 Å². The number of methoxy groups -OCH3 is 1. The zero-order chi connectivity index (χ0) is 13.8. The van der Waals surface area contributed by atoms with E-state index in [1.54, 1.807) is 24.3 Å². The molecule has 2 rings (SSSR count). The average molecular weight is 263 g/mol. The van der Waals surface area contributed by atoms with Gasteiger partial charge in [-0.1, -0.05) is 0 Å². The molecule has 0 fully saturated rings. The van der Waals surface area contributed by atoms with Crippen molar-refractivity contribution in [1.29, 1.82) is 0 Å². The second-order valence-corrected chi connectivity index (χ2v) is 3.65. The Hall–Kier alpha value is -2.63. The van der Waals surface area contributed by atoms with Crippen molar-refractivity contribution in [3.8, 4) is 17.2 Å². The highest BCUT2D eigenvalue weighted by Crippen LogP contribution is 2.32. The highest BCUT2D eigenvalue weighted by molar-refractivity contribution is 5.48. The van der Waals surface area contributed by atoms with Gasteiger partial charge in [0.25, 0.3) is 0 Å². The quantitative estimate of drug-likeness (QED) is 0.625. The molecule has 0 heterocycles. The van der Waals surface area contributed by atoms with Crippen LogP contribution in [-0.4, -0.2) is 12.0 Å². The summed E-state index contributed by atoms with van der Waals surface area (Å²) >= 11 is 0. The van der Waals surface area contributed by atoms with E-state index in [1.807, 2.05) is 0 Å². The van der Waals surface area contributed by atoms with E-state index < -0.39 is 10.7 Å². The molecule has 0 N–H and O–H groups in total. The van der Waals surface area contributed by atoms with Crippen LogP contribution in [0.1, 0.15) is 0 Å². The Labute approximate surface area is 108 Å². The van der Waals surface area contributed by atoms with Crippen LogP contribution in [0.3, 0.4) is 0 Å². The lowest BCUT2D eigenvalue weighted by molar-refractivity contribution is -0.385. The maximum Gasteiger partial charge on any atom is 0.311 e. The Morgan fingerprint density at radius 3 is 2.32 bits per heavy atom. The van der Waals surface area contributed by atoms with E-state index in [0.717, 1.165) is 18.2 Å². The summed E-state index contributed by atoms with van der Waals surface area (Å²) < 4.78 is 23.4. The van der Waals surface area contributed by atoms with Gasteiger partial charge in [0.1, 0.15) is 17.3 Å². The number of halogens is 1. The SMILES string of the molecule is COc1ccc(Oc2cc(F)ccc2[N+](=O)[O-])cc1. The first-order valence-corrected chi connectivity index (χ1v) is 5.36. The molecule has 0 saturated heterocycles. The summed E-state index contributed by atoms with van der Waals surface area (Å²) in [5.41, 5.74) is -0.294. The average Bonchev–Trinajstić information content (AvgIpc) is 2.39. The molecular weight excluding hydrogens is 253 g/mol. The molecule has 0 aromatic heterocycles. The lowest BCUT2D eigenvalue weighted by Gasteiger charge is -2.07. The topological polar surface area (TPSA) is 61.6 Å². The zero-order valence-corrected chi connectivity index (χ0v) is 10.00. The van der Waals surface area contributed by atoms with Gasteiger partial charge in [-0.25, -0.2) is 4.39 Å². The lowest BCUT2D eigenvalue weighted by Crippen LogP contribution is -1.94. The van der Waals surface area contributed by atoms with Gasteiger partial charge in [-0.2, -0.15) is 0 Å². The van der Waals surface area contributed by atoms with E-state index >= 15 is 0 Å². The summed E-state index contributed by atoms with van der Waals surface area (Å²) in [4.78, 5) is 10.2. The molecule has 2 aromatic rings. The van der Waals surface area contributed by atoms with Gasteiger partial charge in [0.15, 0.2) is 0 Å². The summed E-state index contributed by atoms with van der Waals surface area (Å²) in [6, 6.07) is 9.48. The molecule has 5 nitrogen and oxygen atoms in total. The highest BCUT2D eigenvalue weighted by atomic mass is 19.1. The fourth-order valence-electron chi connectivity index (χ4n) is 1.49. The molecule has 0 aliphatic carbocycles. The highest BCUT2D eigenvalue weighted by Gasteiger charge is 2.16. The molecule has 0 spiro atoms. The Morgan fingerprint density at radius 1 is 1.11 bits per heavy atom. The fraction of sp³-hybridized carbons (Fsp3) is 0.0769. The molecule has 0 atom stereocenters. The van der Waals surface area contributed by atoms with Crippen LogP contribution < -0.4 is 9.47 Å². The van der Waals surface area contributed by atoms with Crippen molar-refractivity contribution in [3.63, 3.8) is 0 Å². The van der Waals surface area contributed by atoms with Crippen LogP contribution in [0, 0.1) is 15.9 Å². The monoisotopic (exact) mass is 263 g/mol. The second-order valence-electron chi connectivity index (χ2n) is 3.65. The van der Waals surface area contributed by atoms with Crippen molar-refractivity contribution < 1.29 is 18.8 Å². The maximum absolute atomic E-state index is 13.1. The molecule has 0 unspecified atom stereocenters. The number of hydrogen-bond acceptors (Lipinski definition) is 4. The Kier molecular flexibility index (Phi) is 3.61. The zero-order valence-electron chi connectivity index (χ0n) is 10.00. The number of rotatable bonds is 4.